The van der Waals surface area contributed by atoms with Crippen LogP contribution in [0.4, 0.5) is 15.9 Å². The molecule has 1 aromatic carbocycles. The van der Waals surface area contributed by atoms with Gasteiger partial charge in [-0.25, -0.2) is 4.39 Å². The van der Waals surface area contributed by atoms with E-state index in [1.54, 1.807) is 17.0 Å². The Morgan fingerprint density at radius 3 is 2.93 bits per heavy atom. The van der Waals surface area contributed by atoms with Gasteiger partial charge in [-0.05, 0) is 62.6 Å². The predicted molar refractivity (Wildman–Crippen MR) is 154 cm³/mol. The van der Waals surface area contributed by atoms with Crippen molar-refractivity contribution < 1.29 is 13.9 Å². The Morgan fingerprint density at radius 1 is 1.27 bits per heavy atom. The zero-order valence-electron chi connectivity index (χ0n) is 23.6. The second-order valence-corrected chi connectivity index (χ2v) is 11.4. The fraction of sp³-hybridized carbons (Fsp3) is 0.484. The highest BCUT2D eigenvalue weighted by atomic mass is 19.1. The quantitative estimate of drug-likeness (QED) is 0.501. The number of fused-ring (bicyclic) bond motifs is 2. The van der Waals surface area contributed by atoms with Gasteiger partial charge in [0.1, 0.15) is 17.4 Å². The van der Waals surface area contributed by atoms with Crippen LogP contribution in [0.1, 0.15) is 36.1 Å². The lowest BCUT2D eigenvalue weighted by molar-refractivity contribution is -0.128. The Kier molecular flexibility index (Phi) is 7.63. The van der Waals surface area contributed by atoms with E-state index in [1.165, 1.54) is 11.6 Å². The molecule has 1 amide bonds. The highest BCUT2D eigenvalue weighted by Gasteiger charge is 2.35. The number of nitrogens with zero attached hydrogens (tertiary/aromatic N) is 7. The Bertz CT molecular complexity index is 1420. The van der Waals surface area contributed by atoms with Crippen LogP contribution in [0.2, 0.25) is 0 Å². The molecule has 1 aromatic heterocycles. The van der Waals surface area contributed by atoms with Gasteiger partial charge in [0.15, 0.2) is 0 Å². The Morgan fingerprint density at radius 2 is 2.15 bits per heavy atom. The molecule has 4 heterocycles. The number of hydrogen-bond acceptors (Lipinski definition) is 8. The maximum absolute atomic E-state index is 14.3. The van der Waals surface area contributed by atoms with Crippen molar-refractivity contribution in [3.8, 4) is 12.1 Å². The number of rotatable bonds is 6. The summed E-state index contributed by atoms with van der Waals surface area (Å²) in [6, 6.07) is 7.66. The number of nitriles is 1. The molecule has 0 saturated carbocycles. The molecule has 9 nitrogen and oxygen atoms in total. The topological polar surface area (TPSA) is 88.8 Å². The summed E-state index contributed by atoms with van der Waals surface area (Å²) in [5.41, 5.74) is 4.25. The maximum Gasteiger partial charge on any atom is 0.323 e. The fourth-order valence-electron chi connectivity index (χ4n) is 6.66. The molecule has 6 rings (SSSR count). The number of likely N-dealkylation sites (N-methyl/N-ethyl adjacent to an activating group) is 1. The molecule has 0 bridgehead atoms. The average Bonchev–Trinajstić information content (AvgIpc) is 3.39. The smallest absolute Gasteiger partial charge is 0.323 e. The van der Waals surface area contributed by atoms with Crippen LogP contribution < -0.4 is 14.5 Å². The third-order valence-electron chi connectivity index (χ3n) is 8.70. The van der Waals surface area contributed by atoms with Crippen LogP contribution in [0.15, 0.2) is 42.7 Å². The summed E-state index contributed by atoms with van der Waals surface area (Å²) in [4.78, 5) is 30.8. The maximum atomic E-state index is 14.3. The molecule has 0 spiro atoms. The third-order valence-corrected chi connectivity index (χ3v) is 8.70. The number of piperazine rings is 1. The van der Waals surface area contributed by atoms with Crippen LogP contribution in [-0.4, -0.2) is 84.1 Å². The summed E-state index contributed by atoms with van der Waals surface area (Å²) < 4.78 is 20.5. The van der Waals surface area contributed by atoms with E-state index in [4.69, 9.17) is 14.7 Å². The normalized spacial score (nSPS) is 22.5. The lowest BCUT2D eigenvalue weighted by atomic mass is 9.88. The van der Waals surface area contributed by atoms with Gasteiger partial charge in [-0.2, -0.15) is 15.2 Å². The Hall–Kier alpha value is -3.97. The minimum Gasteiger partial charge on any atom is -0.428 e. The molecule has 2 atom stereocenters. The van der Waals surface area contributed by atoms with E-state index >= 15 is 0 Å². The number of aryl methyl sites for hydroxylation is 1. The number of benzene rings is 1. The Balaban J connectivity index is 1.32. The number of carbonyl (C=O) groups is 1. The zero-order valence-corrected chi connectivity index (χ0v) is 23.6. The van der Waals surface area contributed by atoms with E-state index in [0.717, 1.165) is 67.3 Å². The third kappa shape index (κ3) is 5.51. The minimum absolute atomic E-state index is 0.156. The van der Waals surface area contributed by atoms with E-state index < -0.39 is 0 Å². The van der Waals surface area contributed by atoms with E-state index in [2.05, 4.69) is 27.3 Å². The molecule has 0 N–H and O–H groups in total. The van der Waals surface area contributed by atoms with Crippen LogP contribution in [0.25, 0.3) is 0 Å². The lowest BCUT2D eigenvalue weighted by Gasteiger charge is -2.43. The summed E-state index contributed by atoms with van der Waals surface area (Å²) in [5.74, 6) is 1.30. The molecule has 214 valence electrons. The van der Waals surface area contributed by atoms with Crippen molar-refractivity contribution in [3.63, 3.8) is 0 Å². The molecule has 1 saturated heterocycles. The summed E-state index contributed by atoms with van der Waals surface area (Å²) in [5, 5.41) is 9.49. The number of anilines is 2. The highest BCUT2D eigenvalue weighted by Crippen LogP contribution is 2.37. The van der Waals surface area contributed by atoms with Crippen LogP contribution in [0, 0.1) is 17.1 Å². The monoisotopic (exact) mass is 557 g/mol. The van der Waals surface area contributed by atoms with Gasteiger partial charge in [0, 0.05) is 56.4 Å². The van der Waals surface area contributed by atoms with Crippen LogP contribution in [0.5, 0.6) is 6.01 Å². The number of halogens is 1. The van der Waals surface area contributed by atoms with E-state index in [9.17, 15) is 14.4 Å². The van der Waals surface area contributed by atoms with Gasteiger partial charge in [0.05, 0.1) is 30.8 Å². The van der Waals surface area contributed by atoms with Gasteiger partial charge in [0.2, 0.25) is 5.91 Å². The summed E-state index contributed by atoms with van der Waals surface area (Å²) in [6.45, 7) is 7.63. The Labute approximate surface area is 240 Å². The molecule has 3 aliphatic heterocycles. The number of hydrogen-bond donors (Lipinski definition) is 0. The fourth-order valence-corrected chi connectivity index (χ4v) is 6.66. The number of ether oxygens (including phenoxy) is 1. The van der Waals surface area contributed by atoms with Crippen molar-refractivity contribution in [1.82, 2.24) is 19.8 Å². The number of aromatic nitrogens is 2. The molecular weight excluding hydrogens is 521 g/mol. The van der Waals surface area contributed by atoms with Gasteiger partial charge in [-0.3, -0.25) is 9.69 Å². The van der Waals surface area contributed by atoms with Gasteiger partial charge in [0.25, 0.3) is 0 Å². The van der Waals surface area contributed by atoms with Gasteiger partial charge in [-0.1, -0.05) is 12.6 Å². The van der Waals surface area contributed by atoms with Crippen LogP contribution in [-0.2, 0) is 24.1 Å². The van der Waals surface area contributed by atoms with Gasteiger partial charge in [-0.15, -0.1) is 0 Å². The van der Waals surface area contributed by atoms with Crippen molar-refractivity contribution >= 4 is 17.4 Å². The largest absolute Gasteiger partial charge is 0.428 e. The zero-order chi connectivity index (χ0) is 28.5. The van der Waals surface area contributed by atoms with Crippen molar-refractivity contribution in [2.75, 3.05) is 56.1 Å². The first-order chi connectivity index (χ1) is 19.9. The lowest BCUT2D eigenvalue weighted by Crippen LogP contribution is -2.55. The average molecular weight is 558 g/mol. The highest BCUT2D eigenvalue weighted by molar-refractivity contribution is 5.87. The second kappa shape index (κ2) is 11.5. The molecule has 2 aromatic rings. The van der Waals surface area contributed by atoms with Crippen molar-refractivity contribution in [1.29, 1.82) is 5.26 Å². The molecular formula is C31H36FN7O2. The molecule has 1 aliphatic carbocycles. The van der Waals surface area contributed by atoms with Gasteiger partial charge < -0.3 is 19.4 Å². The molecule has 2 unspecified atom stereocenters. The van der Waals surface area contributed by atoms with Crippen LogP contribution >= 0.6 is 0 Å². The van der Waals surface area contributed by atoms with Crippen molar-refractivity contribution in [2.24, 2.45) is 0 Å². The van der Waals surface area contributed by atoms with E-state index in [0.29, 0.717) is 38.6 Å². The summed E-state index contributed by atoms with van der Waals surface area (Å²) >= 11 is 0. The summed E-state index contributed by atoms with van der Waals surface area (Å²) in [7, 11) is 2.04. The standard InChI is InChI=1S/C31H36FN7O2/c1-3-29(40)39-16-15-37(19-24(39)10-12-33)30-26-9-8-23(38-13-4-5-21-6-7-22(32)17-28(21)38)18-27(26)34-31(35-30)41-25-11-14-36(2)20-25/h3,6-7,11,17,23-24H,1,4-5,8-10,13-16,18-20H2,2H3. The van der Waals surface area contributed by atoms with Crippen LogP contribution in [0.3, 0.4) is 0 Å². The molecule has 1 fully saturated rings. The molecule has 4 aliphatic rings. The predicted octanol–water partition coefficient (Wildman–Crippen LogP) is 3.25. The molecule has 0 radical (unpaired) electrons. The SMILES string of the molecule is C=CC(=O)N1CCN(c2nc(OC3=CCN(C)C3)nc3c2CCC(N2CCCc4ccc(F)cc42)C3)CC1CC#N. The van der Waals surface area contributed by atoms with E-state index in [1.807, 2.05) is 19.2 Å². The molecule has 10 heteroatoms. The number of amides is 1. The van der Waals surface area contributed by atoms with Crippen molar-refractivity contribution in [2.45, 2.75) is 50.6 Å². The first-order valence-corrected chi connectivity index (χ1v) is 14.5. The minimum atomic E-state index is -0.253. The first-order valence-electron chi connectivity index (χ1n) is 14.5. The first kappa shape index (κ1) is 27.2. The summed E-state index contributed by atoms with van der Waals surface area (Å²) in [6.07, 6.45) is 8.02. The second-order valence-electron chi connectivity index (χ2n) is 11.4. The number of carbonyl (C=O) groups excluding carboxylic acids is 1. The van der Waals surface area contributed by atoms with E-state index in [-0.39, 0.29) is 30.2 Å². The van der Waals surface area contributed by atoms with Crippen molar-refractivity contribution in [3.05, 3.63) is 65.3 Å². The van der Waals surface area contributed by atoms with Gasteiger partial charge >= 0.3 is 6.01 Å². The molecule has 41 heavy (non-hydrogen) atoms.